The van der Waals surface area contributed by atoms with Crippen LogP contribution in [-0.2, 0) is 0 Å². The molecule has 4 rings (SSSR count). The van der Waals surface area contributed by atoms with Gasteiger partial charge in [0, 0.05) is 35.4 Å². The molecule has 4 aromatic rings. The molecule has 5 nitrogen and oxygen atoms in total. The van der Waals surface area contributed by atoms with Crippen molar-refractivity contribution in [2.75, 3.05) is 5.32 Å². The van der Waals surface area contributed by atoms with Crippen molar-refractivity contribution in [2.45, 2.75) is 6.92 Å². The van der Waals surface area contributed by atoms with Gasteiger partial charge in [-0.3, -0.25) is 9.78 Å². The van der Waals surface area contributed by atoms with E-state index in [4.69, 9.17) is 0 Å². The molecule has 0 unspecified atom stereocenters. The first kappa shape index (κ1) is 18.4. The van der Waals surface area contributed by atoms with E-state index in [1.54, 1.807) is 36.7 Å². The summed E-state index contributed by atoms with van der Waals surface area (Å²) in [5, 5.41) is 2.89. The molecular weight excluding hydrogens is 367 g/mol. The van der Waals surface area contributed by atoms with Crippen LogP contribution >= 0.6 is 0 Å². The van der Waals surface area contributed by atoms with Crippen molar-refractivity contribution < 1.29 is 9.18 Å². The van der Waals surface area contributed by atoms with E-state index in [0.717, 1.165) is 11.1 Å². The van der Waals surface area contributed by atoms with Crippen molar-refractivity contribution in [3.05, 3.63) is 96.2 Å². The van der Waals surface area contributed by atoms with E-state index in [1.165, 1.54) is 18.3 Å². The monoisotopic (exact) mass is 384 g/mol. The van der Waals surface area contributed by atoms with Crippen molar-refractivity contribution in [1.29, 1.82) is 0 Å². The number of carbonyl (C=O) groups is 1. The second kappa shape index (κ2) is 7.98. The maximum Gasteiger partial charge on any atom is 0.259 e. The van der Waals surface area contributed by atoms with Gasteiger partial charge in [-0.05, 0) is 61.0 Å². The minimum absolute atomic E-state index is 0.312. The fourth-order valence-electron chi connectivity index (χ4n) is 2.94. The normalized spacial score (nSPS) is 10.6. The largest absolute Gasteiger partial charge is 0.322 e. The number of nitrogens with one attached hydrogen (secondary N) is 1. The van der Waals surface area contributed by atoms with E-state index in [9.17, 15) is 9.18 Å². The van der Waals surface area contributed by atoms with Crippen molar-refractivity contribution in [2.24, 2.45) is 0 Å². The Balaban J connectivity index is 1.76. The van der Waals surface area contributed by atoms with Gasteiger partial charge in [0.2, 0.25) is 0 Å². The summed E-state index contributed by atoms with van der Waals surface area (Å²) in [5.74, 6) is -0.241. The number of aromatic nitrogens is 3. The number of carbonyl (C=O) groups excluding carboxylic acids is 1. The van der Waals surface area contributed by atoms with Crippen LogP contribution in [0.15, 0.2) is 79.3 Å². The SMILES string of the molecule is Cc1cccc(NC(=O)c2cnc(-c3ccc(F)cc3)nc2-c2ccncc2)c1. The number of nitrogens with zero attached hydrogens (tertiary/aromatic N) is 3. The predicted molar refractivity (Wildman–Crippen MR) is 110 cm³/mol. The van der Waals surface area contributed by atoms with Crippen molar-refractivity contribution in [1.82, 2.24) is 15.0 Å². The lowest BCUT2D eigenvalue weighted by Gasteiger charge is -2.11. The lowest BCUT2D eigenvalue weighted by atomic mass is 10.1. The highest BCUT2D eigenvalue weighted by molar-refractivity contribution is 6.08. The number of pyridine rings is 1. The first-order chi connectivity index (χ1) is 14.1. The minimum Gasteiger partial charge on any atom is -0.322 e. The average molecular weight is 384 g/mol. The Bertz CT molecular complexity index is 1160. The van der Waals surface area contributed by atoms with Crippen LogP contribution in [0.4, 0.5) is 10.1 Å². The van der Waals surface area contributed by atoms with Crippen LogP contribution < -0.4 is 5.32 Å². The van der Waals surface area contributed by atoms with E-state index in [1.807, 2.05) is 31.2 Å². The molecule has 2 heterocycles. The Morgan fingerprint density at radius 2 is 1.72 bits per heavy atom. The number of amides is 1. The van der Waals surface area contributed by atoms with Crippen LogP contribution in [0.1, 0.15) is 15.9 Å². The number of benzene rings is 2. The molecule has 2 aromatic heterocycles. The number of anilines is 1. The average Bonchev–Trinajstić information content (AvgIpc) is 2.74. The zero-order valence-corrected chi connectivity index (χ0v) is 15.6. The van der Waals surface area contributed by atoms with Crippen LogP contribution in [0.3, 0.4) is 0 Å². The van der Waals surface area contributed by atoms with Gasteiger partial charge in [-0.1, -0.05) is 12.1 Å². The Kier molecular flexibility index (Phi) is 5.07. The van der Waals surface area contributed by atoms with Crippen LogP contribution in [0.25, 0.3) is 22.6 Å². The molecule has 0 saturated heterocycles. The number of hydrogen-bond acceptors (Lipinski definition) is 4. The summed E-state index contributed by atoms with van der Waals surface area (Å²) in [5.41, 5.74) is 3.95. The summed E-state index contributed by atoms with van der Waals surface area (Å²) < 4.78 is 13.3. The fraction of sp³-hybridized carbons (Fsp3) is 0.0435. The van der Waals surface area contributed by atoms with E-state index >= 15 is 0 Å². The molecule has 29 heavy (non-hydrogen) atoms. The summed E-state index contributed by atoms with van der Waals surface area (Å²) in [4.78, 5) is 25.9. The van der Waals surface area contributed by atoms with Gasteiger partial charge < -0.3 is 5.32 Å². The molecule has 0 bridgehead atoms. The summed E-state index contributed by atoms with van der Waals surface area (Å²) in [6.07, 6.45) is 4.76. The maximum absolute atomic E-state index is 13.3. The van der Waals surface area contributed by atoms with E-state index in [2.05, 4.69) is 20.3 Å². The number of aryl methyl sites for hydroxylation is 1. The van der Waals surface area contributed by atoms with Crippen LogP contribution in [0, 0.1) is 12.7 Å². The first-order valence-corrected chi connectivity index (χ1v) is 9.01. The molecule has 2 aromatic carbocycles. The third kappa shape index (κ3) is 4.16. The van der Waals surface area contributed by atoms with Gasteiger partial charge in [0.25, 0.3) is 5.91 Å². The molecule has 0 saturated carbocycles. The molecule has 1 amide bonds. The van der Waals surface area contributed by atoms with Crippen molar-refractivity contribution >= 4 is 11.6 Å². The van der Waals surface area contributed by atoms with Crippen molar-refractivity contribution in [3.8, 4) is 22.6 Å². The molecule has 0 fully saturated rings. The Morgan fingerprint density at radius 3 is 2.45 bits per heavy atom. The zero-order chi connectivity index (χ0) is 20.2. The summed E-state index contributed by atoms with van der Waals surface area (Å²) in [7, 11) is 0. The molecule has 0 spiro atoms. The number of rotatable bonds is 4. The molecule has 0 aliphatic rings. The molecule has 6 heteroatoms. The predicted octanol–water partition coefficient (Wildman–Crippen LogP) is 4.91. The molecule has 0 aliphatic carbocycles. The van der Waals surface area contributed by atoms with E-state index in [0.29, 0.717) is 28.3 Å². The van der Waals surface area contributed by atoms with Crippen LogP contribution in [-0.4, -0.2) is 20.9 Å². The third-order valence-electron chi connectivity index (χ3n) is 4.37. The highest BCUT2D eigenvalue weighted by atomic mass is 19.1. The molecule has 0 radical (unpaired) electrons. The summed E-state index contributed by atoms with van der Waals surface area (Å²) in [6.45, 7) is 1.96. The fourth-order valence-corrected chi connectivity index (χ4v) is 2.94. The smallest absolute Gasteiger partial charge is 0.259 e. The first-order valence-electron chi connectivity index (χ1n) is 9.01. The quantitative estimate of drug-likeness (QED) is 0.543. The molecule has 0 aliphatic heterocycles. The lowest BCUT2D eigenvalue weighted by Crippen LogP contribution is -2.15. The standard InChI is InChI=1S/C23H17FN4O/c1-15-3-2-4-19(13-15)27-23(29)20-14-26-22(17-5-7-18(24)8-6-17)28-21(20)16-9-11-25-12-10-16/h2-14H,1H3,(H,27,29). The Labute approximate surface area is 167 Å². The topological polar surface area (TPSA) is 67.8 Å². The number of halogens is 1. The van der Waals surface area contributed by atoms with Gasteiger partial charge in [0.05, 0.1) is 11.3 Å². The van der Waals surface area contributed by atoms with E-state index in [-0.39, 0.29) is 11.7 Å². The second-order valence-electron chi connectivity index (χ2n) is 6.52. The molecule has 1 N–H and O–H groups in total. The van der Waals surface area contributed by atoms with Crippen molar-refractivity contribution in [3.63, 3.8) is 0 Å². The Morgan fingerprint density at radius 1 is 0.966 bits per heavy atom. The van der Waals surface area contributed by atoms with Gasteiger partial charge in [-0.25, -0.2) is 14.4 Å². The van der Waals surface area contributed by atoms with Gasteiger partial charge in [0.15, 0.2) is 5.82 Å². The second-order valence-corrected chi connectivity index (χ2v) is 6.52. The molecule has 142 valence electrons. The van der Waals surface area contributed by atoms with Gasteiger partial charge in [0.1, 0.15) is 5.82 Å². The summed E-state index contributed by atoms with van der Waals surface area (Å²) in [6, 6.07) is 17.0. The minimum atomic E-state index is -0.336. The van der Waals surface area contributed by atoms with E-state index < -0.39 is 0 Å². The maximum atomic E-state index is 13.3. The highest BCUT2D eigenvalue weighted by Gasteiger charge is 2.17. The van der Waals surface area contributed by atoms with Crippen LogP contribution in [0.2, 0.25) is 0 Å². The third-order valence-corrected chi connectivity index (χ3v) is 4.37. The Hall–Kier alpha value is -3.93. The summed E-state index contributed by atoms with van der Waals surface area (Å²) >= 11 is 0. The van der Waals surface area contributed by atoms with Crippen LogP contribution in [0.5, 0.6) is 0 Å². The highest BCUT2D eigenvalue weighted by Crippen LogP contribution is 2.25. The number of hydrogen-bond donors (Lipinski definition) is 1. The molecular formula is C23H17FN4O. The van der Waals surface area contributed by atoms with Gasteiger partial charge in [-0.2, -0.15) is 0 Å². The zero-order valence-electron chi connectivity index (χ0n) is 15.6. The van der Waals surface area contributed by atoms with Gasteiger partial charge >= 0.3 is 0 Å². The lowest BCUT2D eigenvalue weighted by molar-refractivity contribution is 0.102. The molecule has 0 atom stereocenters. The van der Waals surface area contributed by atoms with Gasteiger partial charge in [-0.15, -0.1) is 0 Å².